The van der Waals surface area contributed by atoms with Crippen LogP contribution in [0.15, 0.2) is 60.9 Å². The van der Waals surface area contributed by atoms with Gasteiger partial charge in [0.05, 0.1) is 25.6 Å². The van der Waals surface area contributed by atoms with E-state index in [0.717, 1.165) is 22.9 Å². The Bertz CT molecular complexity index is 496. The van der Waals surface area contributed by atoms with Crippen LogP contribution in [-0.4, -0.2) is 14.2 Å². The molecule has 0 spiro atoms. The standard InChI is InChI=1S/C16H16N2O2/c1-19-15-7-3-13(4-8-15)17-11-12-18-14-5-9-16(20-2)10-6-14/h3-12H,1-2H3/b12-11-. The summed E-state index contributed by atoms with van der Waals surface area (Å²) in [6.07, 6.45) is 3.32. The fourth-order valence-electron chi connectivity index (χ4n) is 1.58. The van der Waals surface area contributed by atoms with Gasteiger partial charge in [0.25, 0.3) is 0 Å². The first-order valence-corrected chi connectivity index (χ1v) is 6.16. The van der Waals surface area contributed by atoms with Gasteiger partial charge in [-0.3, -0.25) is 10.6 Å². The minimum atomic E-state index is 0.816. The molecule has 0 heterocycles. The van der Waals surface area contributed by atoms with E-state index in [1.54, 1.807) is 26.6 Å². The Kier molecular flexibility index (Phi) is 4.89. The van der Waals surface area contributed by atoms with Gasteiger partial charge in [0.2, 0.25) is 0 Å². The van der Waals surface area contributed by atoms with E-state index in [1.807, 2.05) is 48.5 Å². The number of nitrogens with zero attached hydrogens (tertiary/aromatic N) is 2. The van der Waals surface area contributed by atoms with Crippen LogP contribution in [0.4, 0.5) is 11.4 Å². The van der Waals surface area contributed by atoms with Gasteiger partial charge < -0.3 is 9.47 Å². The molecule has 2 aromatic carbocycles. The highest BCUT2D eigenvalue weighted by Crippen LogP contribution is 2.16. The average Bonchev–Trinajstić information content (AvgIpc) is 2.53. The van der Waals surface area contributed by atoms with Gasteiger partial charge in [-0.1, -0.05) is 0 Å². The third-order valence-corrected chi connectivity index (χ3v) is 2.66. The molecule has 0 N–H and O–H groups in total. The zero-order valence-electron chi connectivity index (χ0n) is 11.5. The van der Waals surface area contributed by atoms with Crippen LogP contribution in [-0.2, 0) is 0 Å². The van der Waals surface area contributed by atoms with E-state index in [2.05, 4.69) is 10.6 Å². The number of rotatable bonds is 6. The number of hydrogen-bond acceptors (Lipinski definition) is 2. The fraction of sp³-hybridized carbons (Fsp3) is 0.125. The van der Waals surface area contributed by atoms with E-state index in [0.29, 0.717) is 0 Å². The fourth-order valence-corrected chi connectivity index (χ4v) is 1.58. The summed E-state index contributed by atoms with van der Waals surface area (Å²) in [6, 6.07) is 15.0. The second kappa shape index (κ2) is 7.09. The van der Waals surface area contributed by atoms with Crippen molar-refractivity contribution in [3.8, 4) is 11.5 Å². The van der Waals surface area contributed by atoms with E-state index in [4.69, 9.17) is 9.47 Å². The summed E-state index contributed by atoms with van der Waals surface area (Å²) in [5, 5.41) is 8.55. The van der Waals surface area contributed by atoms with Gasteiger partial charge in [-0.05, 0) is 48.5 Å². The summed E-state index contributed by atoms with van der Waals surface area (Å²) in [5.41, 5.74) is 1.71. The Morgan fingerprint density at radius 3 is 1.30 bits per heavy atom. The predicted molar refractivity (Wildman–Crippen MR) is 78.7 cm³/mol. The van der Waals surface area contributed by atoms with E-state index in [-0.39, 0.29) is 0 Å². The molecule has 0 aromatic heterocycles. The van der Waals surface area contributed by atoms with Gasteiger partial charge in [-0.2, -0.15) is 0 Å². The lowest BCUT2D eigenvalue weighted by atomic mass is 10.3. The number of benzene rings is 2. The van der Waals surface area contributed by atoms with Crippen LogP contribution in [0.5, 0.6) is 11.5 Å². The van der Waals surface area contributed by atoms with Crippen LogP contribution >= 0.6 is 0 Å². The molecule has 4 heteroatoms. The molecule has 0 unspecified atom stereocenters. The molecule has 0 saturated heterocycles. The molecule has 0 aliphatic heterocycles. The van der Waals surface area contributed by atoms with Gasteiger partial charge in [-0.25, -0.2) is 0 Å². The summed E-state index contributed by atoms with van der Waals surface area (Å²) in [5.74, 6) is 1.63. The molecule has 4 nitrogen and oxygen atoms in total. The van der Waals surface area contributed by atoms with Crippen molar-refractivity contribution in [3.05, 3.63) is 60.9 Å². The second-order valence-electron chi connectivity index (χ2n) is 3.95. The molecule has 0 atom stereocenters. The zero-order chi connectivity index (χ0) is 14.2. The van der Waals surface area contributed by atoms with Crippen LogP contribution in [0.2, 0.25) is 0 Å². The topological polar surface area (TPSA) is 46.7 Å². The van der Waals surface area contributed by atoms with Crippen molar-refractivity contribution >= 4 is 11.4 Å². The monoisotopic (exact) mass is 268 g/mol. The molecule has 0 bridgehead atoms. The lowest BCUT2D eigenvalue weighted by Crippen LogP contribution is -1.91. The maximum absolute atomic E-state index is 5.08. The largest absolute Gasteiger partial charge is 0.497 e. The molecule has 0 aliphatic carbocycles. The molecule has 0 saturated carbocycles. The first kappa shape index (κ1) is 13.8. The molecule has 20 heavy (non-hydrogen) atoms. The van der Waals surface area contributed by atoms with Crippen molar-refractivity contribution in [2.45, 2.75) is 0 Å². The molecule has 102 valence electrons. The van der Waals surface area contributed by atoms with Crippen molar-refractivity contribution in [1.82, 2.24) is 10.6 Å². The Morgan fingerprint density at radius 1 is 0.650 bits per heavy atom. The Labute approximate surface area is 119 Å². The third-order valence-electron chi connectivity index (χ3n) is 2.66. The van der Waals surface area contributed by atoms with Crippen molar-refractivity contribution in [1.29, 1.82) is 0 Å². The van der Waals surface area contributed by atoms with E-state index in [9.17, 15) is 0 Å². The molecule has 0 fully saturated rings. The molecule has 2 radical (unpaired) electrons. The first-order valence-electron chi connectivity index (χ1n) is 6.16. The SMILES string of the molecule is COc1ccc([N]/C=C\[N]c2ccc(OC)cc2)cc1. The van der Waals surface area contributed by atoms with Crippen LogP contribution in [0.1, 0.15) is 0 Å². The number of ether oxygens (including phenoxy) is 2. The Hall–Kier alpha value is -2.62. The summed E-state index contributed by atoms with van der Waals surface area (Å²) in [6.45, 7) is 0. The predicted octanol–water partition coefficient (Wildman–Crippen LogP) is 3.35. The minimum absolute atomic E-state index is 0.816. The van der Waals surface area contributed by atoms with Gasteiger partial charge in [0.1, 0.15) is 11.5 Å². The molecular formula is C16H16N2O2. The van der Waals surface area contributed by atoms with Gasteiger partial charge in [-0.15, -0.1) is 0 Å². The highest BCUT2D eigenvalue weighted by atomic mass is 16.5. The van der Waals surface area contributed by atoms with Gasteiger partial charge in [0.15, 0.2) is 0 Å². The van der Waals surface area contributed by atoms with E-state index >= 15 is 0 Å². The number of hydrogen-bond donors (Lipinski definition) is 0. The van der Waals surface area contributed by atoms with Crippen molar-refractivity contribution in [3.63, 3.8) is 0 Å². The summed E-state index contributed by atoms with van der Waals surface area (Å²) >= 11 is 0. The van der Waals surface area contributed by atoms with Crippen LogP contribution in [0.25, 0.3) is 0 Å². The van der Waals surface area contributed by atoms with Crippen molar-refractivity contribution in [2.75, 3.05) is 14.2 Å². The third kappa shape index (κ3) is 3.95. The summed E-state index contributed by atoms with van der Waals surface area (Å²) in [4.78, 5) is 0. The molecule has 0 amide bonds. The Morgan fingerprint density at radius 2 is 1.00 bits per heavy atom. The normalized spacial score (nSPS) is 10.3. The summed E-state index contributed by atoms with van der Waals surface area (Å²) < 4.78 is 10.2. The lowest BCUT2D eigenvalue weighted by Gasteiger charge is -2.01. The van der Waals surface area contributed by atoms with Gasteiger partial charge >= 0.3 is 0 Å². The molecular weight excluding hydrogens is 252 g/mol. The highest BCUT2D eigenvalue weighted by Gasteiger charge is 1.94. The first-order chi connectivity index (χ1) is 9.81. The van der Waals surface area contributed by atoms with Crippen molar-refractivity contribution in [2.24, 2.45) is 0 Å². The minimum Gasteiger partial charge on any atom is -0.497 e. The second-order valence-corrected chi connectivity index (χ2v) is 3.95. The highest BCUT2D eigenvalue weighted by molar-refractivity contribution is 5.43. The molecule has 2 aromatic rings. The quantitative estimate of drug-likeness (QED) is 0.806. The van der Waals surface area contributed by atoms with Crippen LogP contribution < -0.4 is 20.1 Å². The Balaban J connectivity index is 1.83. The van der Waals surface area contributed by atoms with Crippen LogP contribution in [0, 0.1) is 0 Å². The molecule has 0 aliphatic rings. The smallest absolute Gasteiger partial charge is 0.119 e. The van der Waals surface area contributed by atoms with Crippen LogP contribution in [0.3, 0.4) is 0 Å². The average molecular weight is 268 g/mol. The van der Waals surface area contributed by atoms with E-state index in [1.165, 1.54) is 0 Å². The number of methoxy groups -OCH3 is 2. The zero-order valence-corrected chi connectivity index (χ0v) is 11.5. The molecule has 2 rings (SSSR count). The lowest BCUT2D eigenvalue weighted by molar-refractivity contribution is 0.414. The maximum Gasteiger partial charge on any atom is 0.119 e. The maximum atomic E-state index is 5.08. The van der Waals surface area contributed by atoms with Gasteiger partial charge in [0, 0.05) is 12.4 Å². The van der Waals surface area contributed by atoms with E-state index < -0.39 is 0 Å². The summed E-state index contributed by atoms with van der Waals surface area (Å²) in [7, 11) is 3.28. The van der Waals surface area contributed by atoms with Crippen molar-refractivity contribution < 1.29 is 9.47 Å².